The lowest BCUT2D eigenvalue weighted by atomic mass is 10.1. The number of rotatable bonds is 5. The van der Waals surface area contributed by atoms with Gasteiger partial charge in [-0.25, -0.2) is 8.42 Å². The Morgan fingerprint density at radius 2 is 1.81 bits per heavy atom. The maximum Gasteiger partial charge on any atom is 0.235 e. The van der Waals surface area contributed by atoms with Crippen LogP contribution in [0, 0.1) is 6.92 Å². The van der Waals surface area contributed by atoms with E-state index in [-0.39, 0.29) is 0 Å². The van der Waals surface area contributed by atoms with Crippen molar-refractivity contribution in [2.75, 3.05) is 4.72 Å². The standard InChI is InChI=1S/C12H18NO2S/c1-4-5-11-6-8-12(9-7-11)13-16(14,15)10(2)3/h6-10,13H,1,4-5H2,2-3H3. The normalized spacial score (nSPS) is 11.8. The molecule has 0 amide bonds. The van der Waals surface area contributed by atoms with E-state index in [1.807, 2.05) is 12.1 Å². The van der Waals surface area contributed by atoms with Gasteiger partial charge in [0.2, 0.25) is 10.0 Å². The van der Waals surface area contributed by atoms with Crippen molar-refractivity contribution in [3.63, 3.8) is 0 Å². The monoisotopic (exact) mass is 240 g/mol. The molecule has 0 fully saturated rings. The largest absolute Gasteiger partial charge is 0.283 e. The zero-order valence-electron chi connectivity index (χ0n) is 9.73. The second kappa shape index (κ2) is 5.34. The Hall–Kier alpha value is -1.03. The summed E-state index contributed by atoms with van der Waals surface area (Å²) >= 11 is 0. The molecule has 1 aromatic carbocycles. The van der Waals surface area contributed by atoms with Gasteiger partial charge in [-0.3, -0.25) is 4.72 Å². The lowest BCUT2D eigenvalue weighted by Crippen LogP contribution is -2.22. The second-order valence-electron chi connectivity index (χ2n) is 4.00. The van der Waals surface area contributed by atoms with Crippen LogP contribution in [0.4, 0.5) is 5.69 Å². The summed E-state index contributed by atoms with van der Waals surface area (Å²) in [4.78, 5) is 0. The van der Waals surface area contributed by atoms with E-state index in [0.717, 1.165) is 12.8 Å². The van der Waals surface area contributed by atoms with Crippen molar-refractivity contribution in [3.05, 3.63) is 36.8 Å². The van der Waals surface area contributed by atoms with Crippen LogP contribution >= 0.6 is 0 Å². The van der Waals surface area contributed by atoms with Crippen LogP contribution in [-0.4, -0.2) is 13.7 Å². The minimum atomic E-state index is -3.24. The first-order chi connectivity index (χ1) is 7.45. The van der Waals surface area contributed by atoms with Crippen molar-refractivity contribution in [3.8, 4) is 0 Å². The van der Waals surface area contributed by atoms with Gasteiger partial charge in [0.1, 0.15) is 0 Å². The van der Waals surface area contributed by atoms with Crippen molar-refractivity contribution < 1.29 is 8.42 Å². The van der Waals surface area contributed by atoms with Crippen LogP contribution in [-0.2, 0) is 16.4 Å². The molecule has 1 rings (SSSR count). The Morgan fingerprint density at radius 3 is 2.25 bits per heavy atom. The maximum absolute atomic E-state index is 11.6. The molecule has 1 N–H and O–H groups in total. The maximum atomic E-state index is 11.6. The molecule has 0 saturated heterocycles. The van der Waals surface area contributed by atoms with Gasteiger partial charge >= 0.3 is 0 Å². The van der Waals surface area contributed by atoms with Gasteiger partial charge in [-0.1, -0.05) is 19.1 Å². The lowest BCUT2D eigenvalue weighted by molar-refractivity contribution is 0.593. The molecule has 89 valence electrons. The van der Waals surface area contributed by atoms with Crippen molar-refractivity contribution in [2.45, 2.75) is 31.9 Å². The number of hydrogen-bond donors (Lipinski definition) is 1. The molecule has 0 aliphatic heterocycles. The molecule has 3 nitrogen and oxygen atoms in total. The summed E-state index contributed by atoms with van der Waals surface area (Å²) < 4.78 is 25.7. The third-order valence-electron chi connectivity index (χ3n) is 2.30. The Balaban J connectivity index is 2.76. The first-order valence-electron chi connectivity index (χ1n) is 5.35. The zero-order valence-corrected chi connectivity index (χ0v) is 10.5. The van der Waals surface area contributed by atoms with E-state index in [2.05, 4.69) is 11.6 Å². The van der Waals surface area contributed by atoms with Crippen LogP contribution in [0.5, 0.6) is 0 Å². The SMILES string of the molecule is [CH2]CCc1ccc(NS(=O)(=O)C(C)C)cc1. The van der Waals surface area contributed by atoms with E-state index in [0.29, 0.717) is 5.69 Å². The molecule has 0 heterocycles. The number of hydrogen-bond acceptors (Lipinski definition) is 2. The third-order valence-corrected chi connectivity index (χ3v) is 4.06. The van der Waals surface area contributed by atoms with Gasteiger partial charge in [0.15, 0.2) is 0 Å². The Morgan fingerprint density at radius 1 is 1.25 bits per heavy atom. The smallest absolute Gasteiger partial charge is 0.235 e. The van der Waals surface area contributed by atoms with Crippen LogP contribution in [0.2, 0.25) is 0 Å². The van der Waals surface area contributed by atoms with E-state index in [1.54, 1.807) is 26.0 Å². The van der Waals surface area contributed by atoms with E-state index in [4.69, 9.17) is 0 Å². The van der Waals surface area contributed by atoms with Gasteiger partial charge in [-0.05, 0) is 44.4 Å². The van der Waals surface area contributed by atoms with Gasteiger partial charge in [-0.15, -0.1) is 0 Å². The van der Waals surface area contributed by atoms with Crippen LogP contribution in [0.15, 0.2) is 24.3 Å². The van der Waals surface area contributed by atoms with E-state index in [1.165, 1.54) is 5.56 Å². The van der Waals surface area contributed by atoms with Gasteiger partial charge in [0.05, 0.1) is 5.25 Å². The van der Waals surface area contributed by atoms with Gasteiger partial charge < -0.3 is 0 Å². The quantitative estimate of drug-likeness (QED) is 0.860. The number of aryl methyl sites for hydroxylation is 1. The Bertz CT molecular complexity index is 421. The first-order valence-corrected chi connectivity index (χ1v) is 6.90. The van der Waals surface area contributed by atoms with Crippen molar-refractivity contribution >= 4 is 15.7 Å². The topological polar surface area (TPSA) is 46.2 Å². The molecular weight excluding hydrogens is 222 g/mol. The molecule has 0 spiro atoms. The fourth-order valence-electron chi connectivity index (χ4n) is 1.23. The number of anilines is 1. The highest BCUT2D eigenvalue weighted by Crippen LogP contribution is 2.14. The minimum absolute atomic E-state index is 0.424. The van der Waals surface area contributed by atoms with Crippen LogP contribution in [0.1, 0.15) is 25.8 Å². The molecular formula is C12H18NO2S. The number of sulfonamides is 1. The van der Waals surface area contributed by atoms with Crippen LogP contribution < -0.4 is 4.72 Å². The Kier molecular flexibility index (Phi) is 4.35. The van der Waals surface area contributed by atoms with E-state index < -0.39 is 15.3 Å². The highest BCUT2D eigenvalue weighted by Gasteiger charge is 2.14. The lowest BCUT2D eigenvalue weighted by Gasteiger charge is -2.10. The molecule has 0 saturated carbocycles. The second-order valence-corrected chi connectivity index (χ2v) is 6.23. The number of nitrogens with one attached hydrogen (secondary N) is 1. The van der Waals surface area contributed by atoms with Crippen LogP contribution in [0.3, 0.4) is 0 Å². The molecule has 4 heteroatoms. The fraction of sp³-hybridized carbons (Fsp3) is 0.417. The summed E-state index contributed by atoms with van der Waals surface area (Å²) in [6, 6.07) is 7.41. The number of benzene rings is 1. The molecule has 0 atom stereocenters. The summed E-state index contributed by atoms with van der Waals surface area (Å²) in [6.45, 7) is 7.08. The van der Waals surface area contributed by atoms with E-state index >= 15 is 0 Å². The van der Waals surface area contributed by atoms with Crippen molar-refractivity contribution in [2.24, 2.45) is 0 Å². The molecule has 1 aromatic rings. The molecule has 0 aliphatic carbocycles. The summed E-state index contributed by atoms with van der Waals surface area (Å²) in [5.74, 6) is 0. The summed E-state index contributed by atoms with van der Waals surface area (Å²) in [6.07, 6.45) is 1.76. The summed E-state index contributed by atoms with van der Waals surface area (Å²) in [5, 5.41) is -0.424. The average molecular weight is 240 g/mol. The van der Waals surface area contributed by atoms with Gasteiger partial charge in [0, 0.05) is 5.69 Å². The highest BCUT2D eigenvalue weighted by atomic mass is 32.2. The molecule has 0 aliphatic rings. The predicted molar refractivity (Wildman–Crippen MR) is 67.8 cm³/mol. The average Bonchev–Trinajstić information content (AvgIpc) is 2.21. The summed E-state index contributed by atoms with van der Waals surface area (Å²) in [5.41, 5.74) is 1.78. The fourth-order valence-corrected chi connectivity index (χ4v) is 1.93. The molecule has 16 heavy (non-hydrogen) atoms. The predicted octanol–water partition coefficient (Wildman–Crippen LogP) is 2.60. The first kappa shape index (κ1) is 13.0. The molecule has 0 bridgehead atoms. The molecule has 0 unspecified atom stereocenters. The molecule has 1 radical (unpaired) electrons. The highest BCUT2D eigenvalue weighted by molar-refractivity contribution is 7.93. The Labute approximate surface area is 97.9 Å². The zero-order chi connectivity index (χ0) is 12.2. The third kappa shape index (κ3) is 3.52. The van der Waals surface area contributed by atoms with Crippen LogP contribution in [0.25, 0.3) is 0 Å². The van der Waals surface area contributed by atoms with Crippen molar-refractivity contribution in [1.29, 1.82) is 0 Å². The molecule has 0 aromatic heterocycles. The van der Waals surface area contributed by atoms with Crippen molar-refractivity contribution in [1.82, 2.24) is 0 Å². The van der Waals surface area contributed by atoms with E-state index in [9.17, 15) is 8.42 Å². The van der Waals surface area contributed by atoms with Gasteiger partial charge in [-0.2, -0.15) is 0 Å². The van der Waals surface area contributed by atoms with Gasteiger partial charge in [0.25, 0.3) is 0 Å². The minimum Gasteiger partial charge on any atom is -0.283 e. The summed E-state index contributed by atoms with van der Waals surface area (Å²) in [7, 11) is -3.24.